The van der Waals surface area contributed by atoms with E-state index in [0.717, 1.165) is 5.56 Å². The van der Waals surface area contributed by atoms with Gasteiger partial charge >= 0.3 is 5.97 Å². The molecule has 1 aromatic carbocycles. The molecule has 0 radical (unpaired) electrons. The number of rotatable bonds is 7. The van der Waals surface area contributed by atoms with E-state index in [4.69, 9.17) is 31.7 Å². The number of carbonyl (C=O) groups is 1. The molecule has 0 heterocycles. The van der Waals surface area contributed by atoms with Crippen LogP contribution in [0.15, 0.2) is 18.2 Å². The van der Waals surface area contributed by atoms with E-state index in [2.05, 4.69) is 5.32 Å². The van der Waals surface area contributed by atoms with E-state index in [1.165, 1.54) is 0 Å². The molecule has 0 saturated heterocycles. The van der Waals surface area contributed by atoms with Gasteiger partial charge in [-0.1, -0.05) is 17.7 Å². The lowest BCUT2D eigenvalue weighted by atomic mass is 10.2. The van der Waals surface area contributed by atoms with Gasteiger partial charge in [0.15, 0.2) is 6.61 Å². The summed E-state index contributed by atoms with van der Waals surface area (Å²) in [5.41, 5.74) is 0.866. The Balaban J connectivity index is 0.000000441. The summed E-state index contributed by atoms with van der Waals surface area (Å²) in [6.45, 7) is 2.90. The fraction of sp³-hybridized carbons (Fsp3) is 0.462. The van der Waals surface area contributed by atoms with Gasteiger partial charge in [-0.3, -0.25) is 0 Å². The van der Waals surface area contributed by atoms with Gasteiger partial charge in [0.05, 0.1) is 13.2 Å². The van der Waals surface area contributed by atoms with Crippen LogP contribution in [-0.2, 0) is 4.79 Å². The Kier molecular flexibility index (Phi) is 10.7. The Hall–Kier alpha value is -1.34. The van der Waals surface area contributed by atoms with Gasteiger partial charge in [0.2, 0.25) is 0 Å². The van der Waals surface area contributed by atoms with Crippen LogP contribution in [0.25, 0.3) is 0 Å². The molecule has 0 aromatic heterocycles. The first-order chi connectivity index (χ1) is 9.51. The number of hydrogen-bond donors (Lipinski definition) is 4. The molecule has 0 bridgehead atoms. The summed E-state index contributed by atoms with van der Waals surface area (Å²) < 4.78 is 5.00. The molecule has 0 amide bonds. The van der Waals surface area contributed by atoms with Crippen LogP contribution in [0, 0.1) is 6.92 Å². The fourth-order valence-electron chi connectivity index (χ4n) is 1.15. The first kappa shape index (κ1) is 18.7. The van der Waals surface area contributed by atoms with E-state index < -0.39 is 5.97 Å². The summed E-state index contributed by atoms with van der Waals surface area (Å²) in [7, 11) is 0. The summed E-state index contributed by atoms with van der Waals surface area (Å²) >= 11 is 5.70. The third-order valence-electron chi connectivity index (χ3n) is 2.08. The average Bonchev–Trinajstić information content (AvgIpc) is 2.41. The number of aliphatic carboxylic acids is 1. The minimum atomic E-state index is -1.00. The number of aliphatic hydroxyl groups is 2. The van der Waals surface area contributed by atoms with E-state index in [9.17, 15) is 4.79 Å². The number of ether oxygens (including phenoxy) is 1. The van der Waals surface area contributed by atoms with Crippen molar-refractivity contribution in [1.82, 2.24) is 5.32 Å². The number of hydrogen-bond acceptors (Lipinski definition) is 5. The smallest absolute Gasteiger partial charge is 0.341 e. The fourth-order valence-corrected chi connectivity index (χ4v) is 1.31. The molecular formula is C13H20ClNO5. The third kappa shape index (κ3) is 9.57. The maximum atomic E-state index is 10.2. The van der Waals surface area contributed by atoms with Crippen LogP contribution in [0.1, 0.15) is 5.56 Å². The first-order valence-corrected chi connectivity index (χ1v) is 6.42. The number of aryl methyl sites for hydroxylation is 1. The summed E-state index contributed by atoms with van der Waals surface area (Å²) in [6, 6.07) is 5.10. The van der Waals surface area contributed by atoms with Gasteiger partial charge in [-0.2, -0.15) is 0 Å². The number of aliphatic hydroxyl groups excluding tert-OH is 2. The number of carboxylic acid groups (broad SMARTS) is 1. The second-order valence-corrected chi connectivity index (χ2v) is 4.23. The quantitative estimate of drug-likeness (QED) is 0.553. The second kappa shape index (κ2) is 11.5. The molecule has 0 saturated carbocycles. The third-order valence-corrected chi connectivity index (χ3v) is 2.31. The van der Waals surface area contributed by atoms with Gasteiger partial charge < -0.3 is 25.4 Å². The number of halogens is 1. The van der Waals surface area contributed by atoms with Crippen molar-refractivity contribution in [3.8, 4) is 5.75 Å². The lowest BCUT2D eigenvalue weighted by Crippen LogP contribution is -2.21. The average molecular weight is 306 g/mol. The Morgan fingerprint density at radius 3 is 2.40 bits per heavy atom. The van der Waals surface area contributed by atoms with Crippen LogP contribution in [0.5, 0.6) is 5.75 Å². The molecule has 0 fully saturated rings. The highest BCUT2D eigenvalue weighted by atomic mass is 35.5. The maximum absolute atomic E-state index is 10.2. The molecule has 0 atom stereocenters. The molecule has 0 aliphatic heterocycles. The van der Waals surface area contributed by atoms with Crippen LogP contribution in [0.2, 0.25) is 5.02 Å². The molecule has 0 aliphatic rings. The molecule has 20 heavy (non-hydrogen) atoms. The zero-order chi connectivity index (χ0) is 15.4. The summed E-state index contributed by atoms with van der Waals surface area (Å²) in [5, 5.41) is 28.0. The predicted molar refractivity (Wildman–Crippen MR) is 76.4 cm³/mol. The van der Waals surface area contributed by atoms with Crippen molar-refractivity contribution >= 4 is 17.6 Å². The Morgan fingerprint density at radius 2 is 1.90 bits per heavy atom. The number of carboxylic acids is 1. The molecular weight excluding hydrogens is 286 g/mol. The van der Waals surface area contributed by atoms with E-state index in [0.29, 0.717) is 23.9 Å². The molecule has 6 nitrogen and oxygen atoms in total. The van der Waals surface area contributed by atoms with Crippen molar-refractivity contribution in [1.29, 1.82) is 0 Å². The predicted octanol–water partition coefficient (Wildman–Crippen LogP) is 0.672. The van der Waals surface area contributed by atoms with Gasteiger partial charge in [-0.25, -0.2) is 4.79 Å². The highest BCUT2D eigenvalue weighted by Crippen LogP contribution is 2.22. The molecule has 1 rings (SSSR count). The maximum Gasteiger partial charge on any atom is 0.341 e. The molecule has 114 valence electrons. The normalized spacial score (nSPS) is 9.60. The molecule has 7 heteroatoms. The minimum absolute atomic E-state index is 0.139. The lowest BCUT2D eigenvalue weighted by Gasteiger charge is -2.06. The van der Waals surface area contributed by atoms with E-state index in [1.807, 2.05) is 6.92 Å². The van der Waals surface area contributed by atoms with Gasteiger partial charge in [0, 0.05) is 18.1 Å². The molecule has 4 N–H and O–H groups in total. The Labute approximate surface area is 123 Å². The highest BCUT2D eigenvalue weighted by Gasteiger charge is 2.02. The van der Waals surface area contributed by atoms with E-state index in [1.54, 1.807) is 18.2 Å². The Bertz CT molecular complexity index is 396. The molecule has 0 aliphatic carbocycles. The lowest BCUT2D eigenvalue weighted by molar-refractivity contribution is -0.139. The summed E-state index contributed by atoms with van der Waals surface area (Å²) in [6.07, 6.45) is 0. The zero-order valence-electron chi connectivity index (χ0n) is 11.3. The van der Waals surface area contributed by atoms with Crippen molar-refractivity contribution in [3.63, 3.8) is 0 Å². The van der Waals surface area contributed by atoms with Crippen molar-refractivity contribution in [3.05, 3.63) is 28.8 Å². The molecule has 0 unspecified atom stereocenters. The van der Waals surface area contributed by atoms with Gasteiger partial charge in [-0.15, -0.1) is 0 Å². The van der Waals surface area contributed by atoms with Crippen LogP contribution in [-0.4, -0.2) is 54.2 Å². The minimum Gasteiger partial charge on any atom is -0.482 e. The molecule has 1 aromatic rings. The van der Waals surface area contributed by atoms with Crippen LogP contribution >= 0.6 is 11.6 Å². The van der Waals surface area contributed by atoms with Gasteiger partial charge in [0.25, 0.3) is 0 Å². The monoisotopic (exact) mass is 305 g/mol. The van der Waals surface area contributed by atoms with Gasteiger partial charge in [0.1, 0.15) is 5.75 Å². The standard InChI is InChI=1S/C9H9ClO3.C4H11NO2/c1-6-2-3-7(10)4-8(6)13-5-9(11)12;6-3-1-5-2-4-7/h2-4H,5H2,1H3,(H,11,12);5-7H,1-4H2. The van der Waals surface area contributed by atoms with Crippen LogP contribution in [0.4, 0.5) is 0 Å². The largest absolute Gasteiger partial charge is 0.482 e. The Morgan fingerprint density at radius 1 is 1.30 bits per heavy atom. The van der Waals surface area contributed by atoms with Crippen LogP contribution < -0.4 is 10.1 Å². The highest BCUT2D eigenvalue weighted by molar-refractivity contribution is 6.30. The topological polar surface area (TPSA) is 99.0 Å². The van der Waals surface area contributed by atoms with Crippen molar-refractivity contribution < 1.29 is 24.9 Å². The van der Waals surface area contributed by atoms with Crippen LogP contribution in [0.3, 0.4) is 0 Å². The van der Waals surface area contributed by atoms with Gasteiger partial charge in [-0.05, 0) is 24.6 Å². The summed E-state index contributed by atoms with van der Waals surface area (Å²) in [5.74, 6) is -0.491. The van der Waals surface area contributed by atoms with E-state index in [-0.39, 0.29) is 19.8 Å². The second-order valence-electron chi connectivity index (χ2n) is 3.79. The van der Waals surface area contributed by atoms with E-state index >= 15 is 0 Å². The number of nitrogens with one attached hydrogen (secondary N) is 1. The SMILES string of the molecule is Cc1ccc(Cl)cc1OCC(=O)O.OCCNCCO. The summed E-state index contributed by atoms with van der Waals surface area (Å²) in [4.78, 5) is 10.2. The van der Waals surface area contributed by atoms with Crippen molar-refractivity contribution in [2.45, 2.75) is 6.92 Å². The molecule has 0 spiro atoms. The number of benzene rings is 1. The van der Waals surface area contributed by atoms with Crippen molar-refractivity contribution in [2.24, 2.45) is 0 Å². The first-order valence-electron chi connectivity index (χ1n) is 6.04. The van der Waals surface area contributed by atoms with Crippen molar-refractivity contribution in [2.75, 3.05) is 32.9 Å². The zero-order valence-corrected chi connectivity index (χ0v) is 12.1.